The zero-order chi connectivity index (χ0) is 9.26. The first-order chi connectivity index (χ1) is 6.27. The number of nitrogens with one attached hydrogen (secondary N) is 1. The first-order valence-corrected chi connectivity index (χ1v) is 4.21. The second kappa shape index (κ2) is 3.18. The largest absolute Gasteiger partial charge is 0.481 e. The fourth-order valence-corrected chi connectivity index (χ4v) is 1.50. The molecule has 1 aromatic rings. The van der Waals surface area contributed by atoms with Crippen molar-refractivity contribution in [2.24, 2.45) is 5.92 Å². The van der Waals surface area contributed by atoms with Gasteiger partial charge in [-0.2, -0.15) is 0 Å². The van der Waals surface area contributed by atoms with Crippen LogP contribution in [-0.4, -0.2) is 27.2 Å². The van der Waals surface area contributed by atoms with Crippen LogP contribution in [0.2, 0.25) is 0 Å². The molecule has 1 aliphatic heterocycles. The molecule has 13 heavy (non-hydrogen) atoms. The van der Waals surface area contributed by atoms with Crippen molar-refractivity contribution in [3.8, 4) is 0 Å². The van der Waals surface area contributed by atoms with E-state index in [1.807, 2.05) is 10.8 Å². The standard InChI is InChI=1S/C8H11N3O2/c12-8(13)6-3-9-4-7-10-1-2-11(7)5-6/h1-2,6,9H,3-5H2,(H,12,13). The van der Waals surface area contributed by atoms with Crippen molar-refractivity contribution >= 4 is 5.97 Å². The van der Waals surface area contributed by atoms with Crippen molar-refractivity contribution < 1.29 is 9.90 Å². The van der Waals surface area contributed by atoms with E-state index < -0.39 is 5.97 Å². The molecular weight excluding hydrogens is 170 g/mol. The molecule has 0 fully saturated rings. The summed E-state index contributed by atoms with van der Waals surface area (Å²) < 4.78 is 1.89. The highest BCUT2D eigenvalue weighted by Gasteiger charge is 2.21. The molecule has 0 aromatic carbocycles. The minimum absolute atomic E-state index is 0.351. The number of aromatic nitrogens is 2. The third kappa shape index (κ3) is 1.55. The Hall–Kier alpha value is -1.36. The van der Waals surface area contributed by atoms with Crippen LogP contribution in [0.15, 0.2) is 12.4 Å². The third-order valence-corrected chi connectivity index (χ3v) is 2.24. The van der Waals surface area contributed by atoms with Gasteiger partial charge in [-0.25, -0.2) is 4.98 Å². The van der Waals surface area contributed by atoms with Crippen molar-refractivity contribution in [2.75, 3.05) is 6.54 Å². The molecule has 0 saturated heterocycles. The molecule has 0 spiro atoms. The quantitative estimate of drug-likeness (QED) is 0.623. The highest BCUT2D eigenvalue weighted by molar-refractivity contribution is 5.70. The number of fused-ring (bicyclic) bond motifs is 1. The van der Waals surface area contributed by atoms with Crippen LogP contribution in [0.5, 0.6) is 0 Å². The second-order valence-corrected chi connectivity index (χ2v) is 3.16. The highest BCUT2D eigenvalue weighted by atomic mass is 16.4. The van der Waals surface area contributed by atoms with Gasteiger partial charge < -0.3 is 15.0 Å². The topological polar surface area (TPSA) is 67.2 Å². The van der Waals surface area contributed by atoms with Crippen molar-refractivity contribution in [2.45, 2.75) is 13.1 Å². The van der Waals surface area contributed by atoms with E-state index in [1.165, 1.54) is 0 Å². The summed E-state index contributed by atoms with van der Waals surface area (Å²) in [6.45, 7) is 1.67. The van der Waals surface area contributed by atoms with Crippen molar-refractivity contribution in [3.63, 3.8) is 0 Å². The molecule has 2 rings (SSSR count). The Kier molecular flexibility index (Phi) is 2.02. The Labute approximate surface area is 75.4 Å². The summed E-state index contributed by atoms with van der Waals surface area (Å²) in [5.41, 5.74) is 0. The summed E-state index contributed by atoms with van der Waals surface area (Å²) in [5.74, 6) is -0.201. The van der Waals surface area contributed by atoms with Gasteiger partial charge in [-0.05, 0) is 0 Å². The smallest absolute Gasteiger partial charge is 0.309 e. The predicted molar refractivity (Wildman–Crippen MR) is 45.1 cm³/mol. The Bertz CT molecular complexity index is 321. The lowest BCUT2D eigenvalue weighted by molar-refractivity contribution is -0.141. The molecule has 0 bridgehead atoms. The molecular formula is C8H11N3O2. The predicted octanol–water partition coefficient (Wildman–Crippen LogP) is -0.313. The summed E-state index contributed by atoms with van der Waals surface area (Å²) in [4.78, 5) is 14.9. The summed E-state index contributed by atoms with van der Waals surface area (Å²) >= 11 is 0. The second-order valence-electron chi connectivity index (χ2n) is 3.16. The fourth-order valence-electron chi connectivity index (χ4n) is 1.50. The first-order valence-electron chi connectivity index (χ1n) is 4.21. The maximum Gasteiger partial charge on any atom is 0.309 e. The molecule has 2 N–H and O–H groups in total. The SMILES string of the molecule is O=C(O)C1CNCc2nccn2C1. The number of aliphatic carboxylic acids is 1. The highest BCUT2D eigenvalue weighted by Crippen LogP contribution is 2.08. The Morgan fingerprint density at radius 2 is 2.62 bits per heavy atom. The Balaban J connectivity index is 2.21. The van der Waals surface area contributed by atoms with Gasteiger partial charge in [0.1, 0.15) is 5.82 Å². The van der Waals surface area contributed by atoms with Gasteiger partial charge in [0, 0.05) is 25.5 Å². The van der Waals surface area contributed by atoms with Crippen LogP contribution in [0, 0.1) is 5.92 Å². The lowest BCUT2D eigenvalue weighted by Gasteiger charge is -2.08. The molecule has 5 heteroatoms. The molecule has 1 atom stereocenters. The zero-order valence-corrected chi connectivity index (χ0v) is 7.10. The van der Waals surface area contributed by atoms with Crippen LogP contribution in [0.3, 0.4) is 0 Å². The molecule has 1 aromatic heterocycles. The summed E-state index contributed by atoms with van der Waals surface area (Å²) in [6, 6.07) is 0. The molecule has 2 heterocycles. The number of hydrogen-bond acceptors (Lipinski definition) is 3. The van der Waals surface area contributed by atoms with Crippen LogP contribution in [0.1, 0.15) is 5.82 Å². The van der Waals surface area contributed by atoms with Gasteiger partial charge in [0.15, 0.2) is 0 Å². The molecule has 0 radical (unpaired) electrons. The number of nitrogens with zero attached hydrogens (tertiary/aromatic N) is 2. The van der Waals surface area contributed by atoms with Crippen LogP contribution >= 0.6 is 0 Å². The normalized spacial score (nSPS) is 22.0. The van der Waals surface area contributed by atoms with E-state index in [0.29, 0.717) is 19.6 Å². The number of carbonyl (C=O) groups is 1. The van der Waals surface area contributed by atoms with Crippen molar-refractivity contribution in [1.82, 2.24) is 14.9 Å². The van der Waals surface area contributed by atoms with E-state index in [4.69, 9.17) is 5.11 Å². The van der Waals surface area contributed by atoms with E-state index in [0.717, 1.165) is 5.82 Å². The van der Waals surface area contributed by atoms with E-state index >= 15 is 0 Å². The van der Waals surface area contributed by atoms with Gasteiger partial charge in [-0.3, -0.25) is 4.79 Å². The number of hydrogen-bond donors (Lipinski definition) is 2. The Morgan fingerprint density at radius 3 is 3.38 bits per heavy atom. The maximum atomic E-state index is 10.8. The Morgan fingerprint density at radius 1 is 1.77 bits per heavy atom. The fraction of sp³-hybridized carbons (Fsp3) is 0.500. The maximum absolute atomic E-state index is 10.8. The zero-order valence-electron chi connectivity index (χ0n) is 7.10. The molecule has 0 amide bonds. The van der Waals surface area contributed by atoms with Crippen LogP contribution in [-0.2, 0) is 17.9 Å². The first kappa shape index (κ1) is 8.25. The number of rotatable bonds is 1. The van der Waals surface area contributed by atoms with Crippen molar-refractivity contribution in [3.05, 3.63) is 18.2 Å². The van der Waals surface area contributed by atoms with E-state index in [2.05, 4.69) is 10.3 Å². The molecule has 1 unspecified atom stereocenters. The average Bonchev–Trinajstić information content (AvgIpc) is 2.42. The molecule has 1 aliphatic rings. The van der Waals surface area contributed by atoms with E-state index in [1.54, 1.807) is 6.20 Å². The lowest BCUT2D eigenvalue weighted by atomic mass is 10.1. The minimum atomic E-state index is -0.756. The monoisotopic (exact) mass is 181 g/mol. The molecule has 0 saturated carbocycles. The van der Waals surface area contributed by atoms with Gasteiger partial charge in [0.05, 0.1) is 12.5 Å². The lowest BCUT2D eigenvalue weighted by Crippen LogP contribution is -2.27. The molecule has 5 nitrogen and oxygen atoms in total. The minimum Gasteiger partial charge on any atom is -0.481 e. The van der Waals surface area contributed by atoms with Crippen LogP contribution in [0.4, 0.5) is 0 Å². The van der Waals surface area contributed by atoms with E-state index in [-0.39, 0.29) is 5.92 Å². The van der Waals surface area contributed by atoms with Crippen LogP contribution < -0.4 is 5.32 Å². The average molecular weight is 181 g/mol. The van der Waals surface area contributed by atoms with Crippen molar-refractivity contribution in [1.29, 1.82) is 0 Å². The number of imidazole rings is 1. The van der Waals surface area contributed by atoms with Gasteiger partial charge in [0.2, 0.25) is 0 Å². The third-order valence-electron chi connectivity index (χ3n) is 2.24. The number of carboxylic acids is 1. The summed E-state index contributed by atoms with van der Waals surface area (Å²) in [6.07, 6.45) is 3.51. The molecule has 70 valence electrons. The van der Waals surface area contributed by atoms with Crippen LogP contribution in [0.25, 0.3) is 0 Å². The summed E-state index contributed by atoms with van der Waals surface area (Å²) in [5, 5.41) is 11.9. The van der Waals surface area contributed by atoms with Gasteiger partial charge in [-0.1, -0.05) is 0 Å². The number of carboxylic acid groups (broad SMARTS) is 1. The molecule has 0 aliphatic carbocycles. The van der Waals surface area contributed by atoms with E-state index in [9.17, 15) is 4.79 Å². The van der Waals surface area contributed by atoms with Gasteiger partial charge in [0.25, 0.3) is 0 Å². The van der Waals surface area contributed by atoms with Gasteiger partial charge in [-0.15, -0.1) is 0 Å². The van der Waals surface area contributed by atoms with Gasteiger partial charge >= 0.3 is 5.97 Å². The summed E-state index contributed by atoms with van der Waals surface area (Å²) in [7, 11) is 0.